The smallest absolute Gasteiger partial charge is 0.419 e. The normalized spacial score (nSPS) is 11.4. The number of halogens is 5. The van der Waals surface area contributed by atoms with Gasteiger partial charge in [0.15, 0.2) is 5.69 Å². The van der Waals surface area contributed by atoms with Crippen molar-refractivity contribution in [2.75, 3.05) is 0 Å². The molecule has 9 heteroatoms. The number of hydrogen-bond donors (Lipinski definition) is 1. The van der Waals surface area contributed by atoms with Crippen LogP contribution in [0.5, 0.6) is 0 Å². The Morgan fingerprint density at radius 2 is 2.05 bits per heavy atom. The van der Waals surface area contributed by atoms with E-state index in [1.54, 1.807) is 0 Å². The molecule has 0 radical (unpaired) electrons. The summed E-state index contributed by atoms with van der Waals surface area (Å²) < 4.78 is 62.8. The molecule has 1 N–H and O–H groups in total. The number of carbonyl (C=O) groups is 1. The van der Waals surface area contributed by atoms with Gasteiger partial charge in [-0.05, 0) is 6.07 Å². The first-order valence-corrected chi connectivity index (χ1v) is 4.68. The Morgan fingerprint density at radius 3 is 2.42 bits per heavy atom. The van der Waals surface area contributed by atoms with Crippen LogP contribution < -0.4 is 0 Å². The standard InChI is InChI=1S/C10H5F5N2O2/c11-9(12)4-1-5(10(13,14)15)7(3-16)17-6(4)2-8(18)19/h1,9H,2H2,(H,18,19). The van der Waals surface area contributed by atoms with Crippen LogP contribution in [0.2, 0.25) is 0 Å². The summed E-state index contributed by atoms with van der Waals surface area (Å²) in [6.45, 7) is 0. The van der Waals surface area contributed by atoms with Crippen molar-refractivity contribution in [2.45, 2.75) is 19.0 Å². The van der Waals surface area contributed by atoms with Gasteiger partial charge < -0.3 is 5.11 Å². The average molecular weight is 280 g/mol. The molecule has 0 aliphatic carbocycles. The highest BCUT2D eigenvalue weighted by Crippen LogP contribution is 2.34. The van der Waals surface area contributed by atoms with E-state index < -0.39 is 47.5 Å². The monoisotopic (exact) mass is 280 g/mol. The summed E-state index contributed by atoms with van der Waals surface area (Å²) in [5, 5.41) is 17.0. The molecule has 0 unspecified atom stereocenters. The number of carboxylic acid groups (broad SMARTS) is 1. The molecule has 102 valence electrons. The number of nitriles is 1. The summed E-state index contributed by atoms with van der Waals surface area (Å²) in [7, 11) is 0. The number of aliphatic carboxylic acids is 1. The number of hydrogen-bond acceptors (Lipinski definition) is 3. The van der Waals surface area contributed by atoms with Crippen molar-refractivity contribution in [2.24, 2.45) is 0 Å². The Hall–Kier alpha value is -2.24. The molecule has 0 aliphatic rings. The zero-order chi connectivity index (χ0) is 14.8. The zero-order valence-corrected chi connectivity index (χ0v) is 9.00. The van der Waals surface area contributed by atoms with Crippen LogP contribution in [-0.4, -0.2) is 16.1 Å². The second-order valence-corrected chi connectivity index (χ2v) is 3.40. The highest BCUT2D eigenvalue weighted by Gasteiger charge is 2.36. The van der Waals surface area contributed by atoms with Crippen molar-refractivity contribution < 1.29 is 31.9 Å². The van der Waals surface area contributed by atoms with E-state index in [0.29, 0.717) is 0 Å². The van der Waals surface area contributed by atoms with Gasteiger partial charge in [-0.25, -0.2) is 13.8 Å². The second-order valence-electron chi connectivity index (χ2n) is 3.40. The summed E-state index contributed by atoms with van der Waals surface area (Å²) in [5.41, 5.74) is -4.65. The molecule has 19 heavy (non-hydrogen) atoms. The Morgan fingerprint density at radius 1 is 1.47 bits per heavy atom. The van der Waals surface area contributed by atoms with Gasteiger partial charge in [0.25, 0.3) is 6.43 Å². The molecule has 1 aromatic heterocycles. The summed E-state index contributed by atoms with van der Waals surface area (Å²) in [6, 6.07) is 1.18. The first-order valence-electron chi connectivity index (χ1n) is 4.68. The van der Waals surface area contributed by atoms with E-state index >= 15 is 0 Å². The van der Waals surface area contributed by atoms with Crippen molar-refractivity contribution in [1.29, 1.82) is 5.26 Å². The van der Waals surface area contributed by atoms with E-state index in [1.807, 2.05) is 0 Å². The number of pyridine rings is 1. The second kappa shape index (κ2) is 5.17. The lowest BCUT2D eigenvalue weighted by Gasteiger charge is -2.13. The SMILES string of the molecule is N#Cc1nc(CC(=O)O)c(C(F)F)cc1C(F)(F)F. The molecule has 0 saturated carbocycles. The van der Waals surface area contributed by atoms with Crippen molar-refractivity contribution in [3.63, 3.8) is 0 Å². The molecule has 0 aliphatic heterocycles. The fourth-order valence-electron chi connectivity index (χ4n) is 1.34. The molecule has 0 bridgehead atoms. The van der Waals surface area contributed by atoms with E-state index in [4.69, 9.17) is 10.4 Å². The maximum absolute atomic E-state index is 12.6. The fourth-order valence-corrected chi connectivity index (χ4v) is 1.34. The number of alkyl halides is 5. The Kier molecular flexibility index (Phi) is 4.04. The first-order chi connectivity index (χ1) is 8.66. The first kappa shape index (κ1) is 14.8. The van der Waals surface area contributed by atoms with Crippen LogP contribution in [0.15, 0.2) is 6.07 Å². The minimum absolute atomic E-state index is 0.0640. The third-order valence-corrected chi connectivity index (χ3v) is 2.10. The van der Waals surface area contributed by atoms with Crippen LogP contribution in [0, 0.1) is 11.3 Å². The molecular formula is C10H5F5N2O2. The van der Waals surface area contributed by atoms with Crippen LogP contribution in [0.3, 0.4) is 0 Å². The van der Waals surface area contributed by atoms with Crippen LogP contribution in [0.25, 0.3) is 0 Å². The Balaban J connectivity index is 3.52. The van der Waals surface area contributed by atoms with Crippen LogP contribution >= 0.6 is 0 Å². The van der Waals surface area contributed by atoms with Crippen LogP contribution in [0.1, 0.15) is 28.9 Å². The number of nitrogens with zero attached hydrogens (tertiary/aromatic N) is 2. The van der Waals surface area contributed by atoms with E-state index in [2.05, 4.69) is 4.98 Å². The van der Waals surface area contributed by atoms with Crippen molar-refractivity contribution in [3.05, 3.63) is 28.6 Å². The number of aromatic nitrogens is 1. The molecule has 0 fully saturated rings. The fraction of sp³-hybridized carbons (Fsp3) is 0.300. The summed E-state index contributed by atoms with van der Waals surface area (Å²) >= 11 is 0. The Bertz CT molecular complexity index is 548. The van der Waals surface area contributed by atoms with Crippen molar-refractivity contribution >= 4 is 5.97 Å². The maximum atomic E-state index is 12.6. The van der Waals surface area contributed by atoms with Gasteiger partial charge in [0.2, 0.25) is 0 Å². The lowest BCUT2D eigenvalue weighted by atomic mass is 10.1. The van der Waals surface area contributed by atoms with Gasteiger partial charge in [-0.15, -0.1) is 0 Å². The van der Waals surface area contributed by atoms with Crippen LogP contribution in [0.4, 0.5) is 22.0 Å². The quantitative estimate of drug-likeness (QED) is 0.863. The molecule has 1 aromatic rings. The molecule has 0 spiro atoms. The Labute approximate surface area is 103 Å². The predicted octanol–water partition coefficient (Wildman–Crippen LogP) is 2.54. The van der Waals surface area contributed by atoms with E-state index in [-0.39, 0.29) is 6.07 Å². The third-order valence-electron chi connectivity index (χ3n) is 2.10. The van der Waals surface area contributed by atoms with Gasteiger partial charge in [-0.1, -0.05) is 0 Å². The van der Waals surface area contributed by atoms with Crippen molar-refractivity contribution in [3.8, 4) is 6.07 Å². The molecule has 0 aromatic carbocycles. The number of rotatable bonds is 3. The highest BCUT2D eigenvalue weighted by atomic mass is 19.4. The molecule has 0 saturated heterocycles. The molecular weight excluding hydrogens is 275 g/mol. The third kappa shape index (κ3) is 3.37. The van der Waals surface area contributed by atoms with Gasteiger partial charge in [0, 0.05) is 5.56 Å². The van der Waals surface area contributed by atoms with E-state index in [0.717, 1.165) is 6.07 Å². The van der Waals surface area contributed by atoms with Gasteiger partial charge in [-0.2, -0.15) is 18.4 Å². The lowest BCUT2D eigenvalue weighted by molar-refractivity contribution is -0.138. The summed E-state index contributed by atoms with van der Waals surface area (Å²) in [6.07, 6.45) is -9.34. The molecule has 0 amide bonds. The number of carboxylic acids is 1. The minimum atomic E-state index is -5.02. The molecule has 1 heterocycles. The van der Waals surface area contributed by atoms with Gasteiger partial charge in [0.05, 0.1) is 17.7 Å². The maximum Gasteiger partial charge on any atom is 0.419 e. The topological polar surface area (TPSA) is 74.0 Å². The zero-order valence-electron chi connectivity index (χ0n) is 9.00. The average Bonchev–Trinajstić information content (AvgIpc) is 2.25. The predicted molar refractivity (Wildman–Crippen MR) is 50.3 cm³/mol. The lowest BCUT2D eigenvalue weighted by Crippen LogP contribution is -2.15. The molecule has 4 nitrogen and oxygen atoms in total. The van der Waals surface area contributed by atoms with E-state index in [9.17, 15) is 26.7 Å². The molecule has 0 atom stereocenters. The minimum Gasteiger partial charge on any atom is -0.481 e. The summed E-state index contributed by atoms with van der Waals surface area (Å²) in [4.78, 5) is 13.5. The highest BCUT2D eigenvalue weighted by molar-refractivity contribution is 5.70. The van der Waals surface area contributed by atoms with Crippen LogP contribution in [-0.2, 0) is 17.4 Å². The van der Waals surface area contributed by atoms with E-state index in [1.165, 1.54) is 0 Å². The van der Waals surface area contributed by atoms with Crippen molar-refractivity contribution in [1.82, 2.24) is 4.98 Å². The summed E-state index contributed by atoms with van der Waals surface area (Å²) in [5.74, 6) is -1.54. The van der Waals surface area contributed by atoms with Gasteiger partial charge in [-0.3, -0.25) is 4.79 Å². The largest absolute Gasteiger partial charge is 0.481 e. The van der Waals surface area contributed by atoms with Gasteiger partial charge in [0.1, 0.15) is 6.07 Å². The molecule has 1 rings (SSSR count). The van der Waals surface area contributed by atoms with Gasteiger partial charge >= 0.3 is 12.1 Å².